The van der Waals surface area contributed by atoms with E-state index in [1.54, 1.807) is 0 Å². The van der Waals surface area contributed by atoms with Gasteiger partial charge in [-0.3, -0.25) is 4.79 Å². The van der Waals surface area contributed by atoms with Crippen LogP contribution in [-0.4, -0.2) is 53.7 Å². The molecule has 0 saturated heterocycles. The lowest BCUT2D eigenvalue weighted by Crippen LogP contribution is -2.25. The quantitative estimate of drug-likeness (QED) is 0.320. The van der Waals surface area contributed by atoms with E-state index >= 15 is 0 Å². The van der Waals surface area contributed by atoms with Crippen LogP contribution in [0.25, 0.3) is 0 Å². The highest BCUT2D eigenvalue weighted by molar-refractivity contribution is 7.97. The van der Waals surface area contributed by atoms with Crippen molar-refractivity contribution in [3.63, 3.8) is 0 Å². The number of aliphatic hydroxyl groups is 2. The number of Topliss-reactive ketones (excluding diaryl/α,β-unsaturated/α-hetero) is 1. The molecule has 0 heterocycles. The molecule has 0 aliphatic rings. The summed E-state index contributed by atoms with van der Waals surface area (Å²) in [7, 11) is -6.22. The molecule has 0 spiro atoms. The van der Waals surface area contributed by atoms with Crippen molar-refractivity contribution in [1.82, 2.24) is 0 Å². The Morgan fingerprint density at radius 2 is 1.46 bits per heavy atom. The second-order valence-corrected chi connectivity index (χ2v) is 7.64. The number of benzene rings is 1. The Labute approximate surface area is 142 Å². The molecule has 3 nitrogen and oxygen atoms in total. The summed E-state index contributed by atoms with van der Waals surface area (Å²) in [6.45, 7) is 4.39. The maximum absolute atomic E-state index is 12.1. The first-order valence-corrected chi connectivity index (χ1v) is 9.18. The number of carbonyl (C=O) groups is 1. The molecule has 24 heavy (non-hydrogen) atoms. The number of halogens is 4. The third kappa shape index (κ3) is 11.5. The summed E-state index contributed by atoms with van der Waals surface area (Å²) in [5, 5.41) is 17.9. The summed E-state index contributed by atoms with van der Waals surface area (Å²) in [6, 6.07) is 7.73. The topological polar surface area (TPSA) is 57.5 Å². The average molecular weight is 370 g/mol. The highest BCUT2D eigenvalue weighted by atomic mass is 32.2. The second-order valence-electron chi connectivity index (χ2n) is 5.31. The van der Waals surface area contributed by atoms with E-state index in [1.807, 2.05) is 24.3 Å². The molecule has 9 heteroatoms. The van der Waals surface area contributed by atoms with E-state index in [0.717, 1.165) is 5.56 Å². The Hall–Kier alpha value is -1.06. The Morgan fingerprint density at radius 1 is 1.04 bits per heavy atom. The highest BCUT2D eigenvalue weighted by Crippen LogP contribution is 2.15. The van der Waals surface area contributed by atoms with Crippen LogP contribution in [-0.2, 0) is 10.9 Å². The predicted octanol–water partition coefficient (Wildman–Crippen LogP) is 2.90. The standard InChI is InChI=1S/C15H23O3S.BF4/c1-12(2)13-3-5-14(6-4-13)15(18)11-19(9-7-16)10-8-17;2-1(3,4)5/h3-6,12,16-17H,7-11H2,1-2H3;/q+1;-1. The van der Waals surface area contributed by atoms with E-state index < -0.39 is 7.25 Å². The second kappa shape index (κ2) is 11.5. The molecule has 0 bridgehead atoms. The summed E-state index contributed by atoms with van der Waals surface area (Å²) < 4.78 is 39.0. The first-order chi connectivity index (χ1) is 11.1. The van der Waals surface area contributed by atoms with Gasteiger partial charge < -0.3 is 27.5 Å². The number of aliphatic hydroxyl groups excluding tert-OH is 2. The molecule has 0 amide bonds. The van der Waals surface area contributed by atoms with Gasteiger partial charge in [-0.25, -0.2) is 0 Å². The molecule has 0 aliphatic heterocycles. The lowest BCUT2D eigenvalue weighted by Gasteiger charge is -2.08. The van der Waals surface area contributed by atoms with Crippen LogP contribution in [0.15, 0.2) is 24.3 Å². The lowest BCUT2D eigenvalue weighted by molar-refractivity contribution is 0.102. The van der Waals surface area contributed by atoms with Crippen molar-refractivity contribution in [2.75, 3.05) is 30.5 Å². The van der Waals surface area contributed by atoms with Crippen molar-refractivity contribution < 1.29 is 32.3 Å². The van der Waals surface area contributed by atoms with Crippen molar-refractivity contribution in [1.29, 1.82) is 0 Å². The van der Waals surface area contributed by atoms with Crippen LogP contribution in [0.4, 0.5) is 17.3 Å². The van der Waals surface area contributed by atoms with E-state index in [1.165, 1.54) is 5.56 Å². The molecular weight excluding hydrogens is 347 g/mol. The van der Waals surface area contributed by atoms with Gasteiger partial charge in [-0.2, -0.15) is 0 Å². The maximum atomic E-state index is 12.1. The zero-order valence-electron chi connectivity index (χ0n) is 13.7. The minimum Gasteiger partial charge on any atom is -0.418 e. The van der Waals surface area contributed by atoms with Crippen LogP contribution < -0.4 is 0 Å². The Balaban J connectivity index is 0.000000922. The summed E-state index contributed by atoms with van der Waals surface area (Å²) in [6.07, 6.45) is 0. The van der Waals surface area contributed by atoms with Gasteiger partial charge in [0, 0.05) is 16.5 Å². The van der Waals surface area contributed by atoms with E-state index in [0.29, 0.717) is 23.2 Å². The molecule has 2 N–H and O–H groups in total. The molecule has 1 aromatic rings. The molecule has 0 fully saturated rings. The molecule has 1 aromatic carbocycles. The number of hydrogen-bond acceptors (Lipinski definition) is 3. The number of hydrogen-bond donors (Lipinski definition) is 2. The fourth-order valence-corrected chi connectivity index (χ4v) is 3.37. The van der Waals surface area contributed by atoms with Gasteiger partial charge in [0.15, 0.2) is 5.75 Å². The minimum atomic E-state index is -6.00. The first-order valence-electron chi connectivity index (χ1n) is 7.44. The fourth-order valence-electron chi connectivity index (χ4n) is 1.83. The van der Waals surface area contributed by atoms with Gasteiger partial charge in [0.25, 0.3) is 0 Å². The van der Waals surface area contributed by atoms with Gasteiger partial charge in [-0.15, -0.1) is 0 Å². The summed E-state index contributed by atoms with van der Waals surface area (Å²) in [4.78, 5) is 12.1. The Kier molecular flexibility index (Phi) is 11.0. The largest absolute Gasteiger partial charge is 0.673 e. The van der Waals surface area contributed by atoms with Crippen molar-refractivity contribution in [2.45, 2.75) is 19.8 Å². The van der Waals surface area contributed by atoms with Crippen LogP contribution in [0.1, 0.15) is 35.7 Å². The number of rotatable bonds is 8. The van der Waals surface area contributed by atoms with E-state index in [2.05, 4.69) is 13.8 Å². The molecule has 1 rings (SSSR count). The molecule has 0 atom stereocenters. The SMILES string of the molecule is CC(C)c1ccc(C(=O)C[S+](CCO)CCO)cc1.F[B-](F)(F)F. The van der Waals surface area contributed by atoms with Gasteiger partial charge in [-0.05, 0) is 11.5 Å². The molecule has 0 aromatic heterocycles. The van der Waals surface area contributed by atoms with Crippen LogP contribution >= 0.6 is 0 Å². The van der Waals surface area contributed by atoms with Crippen LogP contribution in [0.5, 0.6) is 0 Å². The van der Waals surface area contributed by atoms with E-state index in [9.17, 15) is 22.1 Å². The Bertz CT molecular complexity index is 469. The van der Waals surface area contributed by atoms with Crippen molar-refractivity contribution in [3.8, 4) is 0 Å². The van der Waals surface area contributed by atoms with Gasteiger partial charge in [0.2, 0.25) is 5.78 Å². The van der Waals surface area contributed by atoms with Crippen LogP contribution in [0, 0.1) is 0 Å². The van der Waals surface area contributed by atoms with Crippen molar-refractivity contribution in [2.24, 2.45) is 0 Å². The summed E-state index contributed by atoms with van der Waals surface area (Å²) in [5.74, 6) is 2.16. The lowest BCUT2D eigenvalue weighted by atomic mass is 10.0. The molecule has 0 radical (unpaired) electrons. The van der Waals surface area contributed by atoms with Crippen molar-refractivity contribution >= 4 is 23.9 Å². The molecular formula is C15H23BF4O3S. The highest BCUT2D eigenvalue weighted by Gasteiger charge is 2.22. The van der Waals surface area contributed by atoms with Crippen LogP contribution in [0.2, 0.25) is 0 Å². The minimum absolute atomic E-state index is 0.0721. The molecule has 0 aliphatic carbocycles. The van der Waals surface area contributed by atoms with Gasteiger partial charge in [0.1, 0.15) is 11.5 Å². The van der Waals surface area contributed by atoms with Gasteiger partial charge in [0.05, 0.1) is 13.2 Å². The van der Waals surface area contributed by atoms with Crippen LogP contribution in [0.3, 0.4) is 0 Å². The zero-order valence-corrected chi connectivity index (χ0v) is 14.5. The zero-order chi connectivity index (χ0) is 18.8. The smallest absolute Gasteiger partial charge is 0.418 e. The summed E-state index contributed by atoms with van der Waals surface area (Å²) >= 11 is 0. The fraction of sp³-hybridized carbons (Fsp3) is 0.533. The third-order valence-electron chi connectivity index (χ3n) is 2.99. The molecule has 138 valence electrons. The normalized spacial score (nSPS) is 11.4. The molecule has 0 saturated carbocycles. The monoisotopic (exact) mass is 370 g/mol. The van der Waals surface area contributed by atoms with Crippen molar-refractivity contribution in [3.05, 3.63) is 35.4 Å². The average Bonchev–Trinajstić information content (AvgIpc) is 2.46. The number of ketones is 1. The van der Waals surface area contributed by atoms with Gasteiger partial charge in [-0.1, -0.05) is 38.1 Å². The maximum Gasteiger partial charge on any atom is 0.673 e. The predicted molar refractivity (Wildman–Crippen MR) is 91.2 cm³/mol. The Morgan fingerprint density at radius 3 is 1.79 bits per heavy atom. The van der Waals surface area contributed by atoms with Gasteiger partial charge >= 0.3 is 7.25 Å². The number of carbonyl (C=O) groups excluding carboxylic acids is 1. The third-order valence-corrected chi connectivity index (χ3v) is 5.18. The first kappa shape index (κ1) is 22.9. The van der Waals surface area contributed by atoms with E-state index in [4.69, 9.17) is 10.2 Å². The van der Waals surface area contributed by atoms with E-state index in [-0.39, 0.29) is 29.9 Å². The summed E-state index contributed by atoms with van der Waals surface area (Å²) in [5.41, 5.74) is 1.94. The molecule has 0 unspecified atom stereocenters.